The summed E-state index contributed by atoms with van der Waals surface area (Å²) in [6.07, 6.45) is 1.22. The van der Waals surface area contributed by atoms with Crippen LogP contribution in [0, 0.1) is 0 Å². The van der Waals surface area contributed by atoms with E-state index in [4.69, 9.17) is 16.3 Å². The summed E-state index contributed by atoms with van der Waals surface area (Å²) in [6, 6.07) is 6.23. The number of H-pyrrole nitrogens is 1. The van der Waals surface area contributed by atoms with E-state index in [0.29, 0.717) is 42.3 Å². The first kappa shape index (κ1) is 25.6. The third-order valence-corrected chi connectivity index (χ3v) is 5.68. The van der Waals surface area contributed by atoms with Gasteiger partial charge >= 0.3 is 0 Å². The summed E-state index contributed by atoms with van der Waals surface area (Å²) in [4.78, 5) is 40.0. The van der Waals surface area contributed by atoms with Gasteiger partial charge in [-0.1, -0.05) is 32.4 Å². The van der Waals surface area contributed by atoms with Crippen molar-refractivity contribution in [3.05, 3.63) is 46.2 Å². The normalized spacial score (nSPS) is 18.6. The topological polar surface area (TPSA) is 116 Å². The highest BCUT2D eigenvalue weighted by Crippen LogP contribution is 2.23. The van der Waals surface area contributed by atoms with Crippen molar-refractivity contribution in [1.29, 1.82) is 0 Å². The van der Waals surface area contributed by atoms with Gasteiger partial charge in [-0.2, -0.15) is 5.10 Å². The van der Waals surface area contributed by atoms with Crippen LogP contribution in [0.1, 0.15) is 67.1 Å². The van der Waals surface area contributed by atoms with Crippen LogP contribution in [0.15, 0.2) is 24.3 Å². The molecule has 0 bridgehead atoms. The molecular weight excluding hydrogens is 458 g/mol. The van der Waals surface area contributed by atoms with E-state index < -0.39 is 0 Å². The fourth-order valence-corrected chi connectivity index (χ4v) is 3.68. The summed E-state index contributed by atoms with van der Waals surface area (Å²) in [5.41, 5.74) is 1.26. The van der Waals surface area contributed by atoms with E-state index in [2.05, 4.69) is 20.8 Å². The monoisotopic (exact) mass is 489 g/mol. The summed E-state index contributed by atoms with van der Waals surface area (Å²) >= 11 is 6.07. The fourth-order valence-electron chi connectivity index (χ4n) is 3.51. The zero-order chi connectivity index (χ0) is 24.9. The number of hydrogen-bond acceptors (Lipinski definition) is 5. The molecule has 9 nitrogen and oxygen atoms in total. The molecule has 10 heteroatoms. The Kier molecular flexibility index (Phi) is 8.19. The number of nitrogens with zero attached hydrogens (tertiary/aromatic N) is 2. The van der Waals surface area contributed by atoms with Crippen LogP contribution < -0.4 is 15.4 Å². The number of rotatable bonds is 1. The van der Waals surface area contributed by atoms with E-state index in [1.807, 2.05) is 20.8 Å². The Bertz CT molecular complexity index is 1050. The number of carbonyl (C=O) groups excluding carboxylic acids is 3. The minimum Gasteiger partial charge on any atom is -0.491 e. The van der Waals surface area contributed by atoms with E-state index in [-0.39, 0.29) is 48.0 Å². The number of carbonyl (C=O) groups is 3. The van der Waals surface area contributed by atoms with Crippen LogP contribution in [0.3, 0.4) is 0 Å². The lowest BCUT2D eigenvalue weighted by Gasteiger charge is -2.23. The lowest BCUT2D eigenvalue weighted by atomic mass is 9.92. The smallest absolute Gasteiger partial charge is 0.274 e. The van der Waals surface area contributed by atoms with Gasteiger partial charge in [0.15, 0.2) is 0 Å². The molecule has 0 radical (unpaired) electrons. The van der Waals surface area contributed by atoms with E-state index in [9.17, 15) is 14.4 Å². The minimum atomic E-state index is -0.348. The third-order valence-electron chi connectivity index (χ3n) is 5.45. The van der Waals surface area contributed by atoms with Gasteiger partial charge in [0.2, 0.25) is 5.91 Å². The second-order valence-electron chi connectivity index (χ2n) is 9.53. The molecule has 1 aliphatic heterocycles. The second kappa shape index (κ2) is 10.9. The molecule has 0 spiro atoms. The van der Waals surface area contributed by atoms with E-state index in [0.717, 1.165) is 5.69 Å². The van der Waals surface area contributed by atoms with Crippen molar-refractivity contribution in [2.45, 2.75) is 52.0 Å². The third kappa shape index (κ3) is 6.72. The fraction of sp³-hybridized carbons (Fsp3) is 0.500. The molecule has 0 aliphatic carbocycles. The van der Waals surface area contributed by atoms with Gasteiger partial charge in [0.05, 0.1) is 18.2 Å². The van der Waals surface area contributed by atoms with Crippen LogP contribution in [-0.4, -0.2) is 65.1 Å². The average Bonchev–Trinajstić information content (AvgIpc) is 3.27. The maximum absolute atomic E-state index is 13.2. The summed E-state index contributed by atoms with van der Waals surface area (Å²) in [6.45, 7) is 8.68. The number of halogens is 1. The molecule has 34 heavy (non-hydrogen) atoms. The number of amides is 3. The summed E-state index contributed by atoms with van der Waals surface area (Å²) in [7, 11) is 0. The molecule has 2 aromatic rings. The summed E-state index contributed by atoms with van der Waals surface area (Å²) < 4.78 is 5.80. The Labute approximate surface area is 204 Å². The number of aromatic nitrogens is 2. The lowest BCUT2D eigenvalue weighted by Crippen LogP contribution is -2.45. The first-order valence-corrected chi connectivity index (χ1v) is 11.8. The summed E-state index contributed by atoms with van der Waals surface area (Å²) in [5.74, 6) is -0.510. The Morgan fingerprint density at radius 1 is 1.21 bits per heavy atom. The Hall–Kier alpha value is -3.07. The van der Waals surface area contributed by atoms with Crippen LogP contribution in [-0.2, 0) is 10.2 Å². The number of hydrogen-bond donors (Lipinski definition) is 3. The molecule has 0 unspecified atom stereocenters. The van der Waals surface area contributed by atoms with Gasteiger partial charge in [-0.25, -0.2) is 0 Å². The van der Waals surface area contributed by atoms with Crippen molar-refractivity contribution in [2.24, 2.45) is 0 Å². The number of ether oxygens (including phenoxy) is 1. The van der Waals surface area contributed by atoms with Crippen LogP contribution in [0.4, 0.5) is 0 Å². The van der Waals surface area contributed by atoms with Crippen LogP contribution in [0.2, 0.25) is 5.02 Å². The Balaban J connectivity index is 1.75. The van der Waals surface area contributed by atoms with Gasteiger partial charge < -0.3 is 20.3 Å². The highest BCUT2D eigenvalue weighted by Gasteiger charge is 2.25. The molecule has 184 valence electrons. The quantitative estimate of drug-likeness (QED) is 0.569. The maximum atomic E-state index is 13.2. The molecule has 1 atom stereocenters. The maximum Gasteiger partial charge on any atom is 0.274 e. The SMILES string of the molecule is C[C@@H]1COc2ccc(Cl)cc2C(=O)NCCCCN(C(=O)c2cc(C(C)(C)C)[nH]n2)CC(=O)N1. The first-order chi connectivity index (χ1) is 16.0. The molecule has 0 fully saturated rings. The van der Waals surface area contributed by atoms with Crippen molar-refractivity contribution in [3.63, 3.8) is 0 Å². The number of benzene rings is 1. The van der Waals surface area contributed by atoms with Crippen LogP contribution in [0.25, 0.3) is 0 Å². The largest absolute Gasteiger partial charge is 0.491 e. The molecule has 1 aromatic carbocycles. The van der Waals surface area contributed by atoms with Gasteiger partial charge in [-0.3, -0.25) is 19.5 Å². The number of fused-ring (bicyclic) bond motifs is 1. The molecule has 3 N–H and O–H groups in total. The van der Waals surface area contributed by atoms with Gasteiger partial charge in [-0.05, 0) is 44.0 Å². The van der Waals surface area contributed by atoms with Crippen molar-refractivity contribution >= 4 is 29.3 Å². The predicted molar refractivity (Wildman–Crippen MR) is 129 cm³/mol. The zero-order valence-corrected chi connectivity index (χ0v) is 20.8. The minimum absolute atomic E-state index is 0.0978. The van der Waals surface area contributed by atoms with Crippen LogP contribution in [0.5, 0.6) is 5.75 Å². The lowest BCUT2D eigenvalue weighted by molar-refractivity contribution is -0.122. The molecule has 3 amide bonds. The average molecular weight is 490 g/mol. The van der Waals surface area contributed by atoms with Crippen molar-refractivity contribution in [3.8, 4) is 5.75 Å². The molecule has 1 aliphatic rings. The number of aromatic amines is 1. The molecule has 0 saturated heterocycles. The Morgan fingerprint density at radius 3 is 2.68 bits per heavy atom. The van der Waals surface area contributed by atoms with Crippen molar-refractivity contribution in [1.82, 2.24) is 25.7 Å². The van der Waals surface area contributed by atoms with Crippen LogP contribution >= 0.6 is 11.6 Å². The standard InChI is InChI=1S/C24H32ClN5O4/c1-15-14-34-19-8-7-16(25)11-17(19)22(32)26-9-5-6-10-30(13-21(31)27-15)23(33)18-12-20(29-28-18)24(2,3)4/h7-8,11-12,15H,5-6,9-10,13-14H2,1-4H3,(H,26,32)(H,27,31)(H,28,29)/t15-/m1/s1. The van der Waals surface area contributed by atoms with Gasteiger partial charge in [0.25, 0.3) is 11.8 Å². The Morgan fingerprint density at radius 2 is 1.97 bits per heavy atom. The number of nitrogens with one attached hydrogen (secondary N) is 3. The molecule has 0 saturated carbocycles. The molecule has 3 rings (SSSR count). The van der Waals surface area contributed by atoms with Gasteiger partial charge in [-0.15, -0.1) is 0 Å². The van der Waals surface area contributed by atoms with E-state index >= 15 is 0 Å². The first-order valence-electron chi connectivity index (χ1n) is 11.4. The van der Waals surface area contributed by atoms with Crippen molar-refractivity contribution < 1.29 is 19.1 Å². The van der Waals surface area contributed by atoms with Gasteiger partial charge in [0.1, 0.15) is 18.1 Å². The van der Waals surface area contributed by atoms with E-state index in [1.54, 1.807) is 31.2 Å². The summed E-state index contributed by atoms with van der Waals surface area (Å²) in [5, 5.41) is 13.2. The second-order valence-corrected chi connectivity index (χ2v) is 9.96. The highest BCUT2D eigenvalue weighted by molar-refractivity contribution is 6.31. The predicted octanol–water partition coefficient (Wildman–Crippen LogP) is 2.91. The van der Waals surface area contributed by atoms with Gasteiger partial charge in [0, 0.05) is 29.2 Å². The highest BCUT2D eigenvalue weighted by atomic mass is 35.5. The molecule has 2 heterocycles. The zero-order valence-electron chi connectivity index (χ0n) is 20.0. The van der Waals surface area contributed by atoms with E-state index in [1.165, 1.54) is 4.90 Å². The van der Waals surface area contributed by atoms with Crippen molar-refractivity contribution in [2.75, 3.05) is 26.2 Å². The molecular formula is C24H32ClN5O4. The molecule has 1 aromatic heterocycles.